The minimum absolute atomic E-state index is 0.167. The minimum Gasteiger partial charge on any atom is -0.334 e. The average Bonchev–Trinajstić information content (AvgIpc) is 2.85. The van der Waals surface area contributed by atoms with E-state index in [9.17, 15) is 23.3 Å². The van der Waals surface area contributed by atoms with E-state index in [1.807, 2.05) is 18.2 Å². The van der Waals surface area contributed by atoms with E-state index in [0.29, 0.717) is 29.3 Å². The molecule has 0 aliphatic heterocycles. The highest BCUT2D eigenvalue weighted by Gasteiger charge is 2.32. The van der Waals surface area contributed by atoms with Crippen LogP contribution in [-0.4, -0.2) is 19.9 Å². The number of nitro groups is 1. The number of halogens is 4. The van der Waals surface area contributed by atoms with Crippen molar-refractivity contribution >= 4 is 51.8 Å². The fourth-order valence-corrected chi connectivity index (χ4v) is 3.10. The van der Waals surface area contributed by atoms with Crippen molar-refractivity contribution in [3.63, 3.8) is 0 Å². The van der Waals surface area contributed by atoms with Gasteiger partial charge in [-0.15, -0.1) is 0 Å². The second-order valence-electron chi connectivity index (χ2n) is 7.06. The zero-order valence-electron chi connectivity index (χ0n) is 17.9. The highest BCUT2D eigenvalue weighted by Crippen LogP contribution is 2.36. The van der Waals surface area contributed by atoms with Crippen LogP contribution in [-0.2, 0) is 6.18 Å². The van der Waals surface area contributed by atoms with Crippen LogP contribution in [0.1, 0.15) is 5.56 Å². The van der Waals surface area contributed by atoms with E-state index in [1.54, 1.807) is 36.4 Å². The summed E-state index contributed by atoms with van der Waals surface area (Å²) in [4.78, 5) is 22.4. The van der Waals surface area contributed by atoms with Crippen molar-refractivity contribution in [2.75, 3.05) is 10.6 Å². The maximum Gasteiger partial charge on any atom is 0.417 e. The van der Waals surface area contributed by atoms with Crippen LogP contribution in [0, 0.1) is 10.1 Å². The molecule has 14 heteroatoms. The minimum atomic E-state index is -4.65. The van der Waals surface area contributed by atoms with Gasteiger partial charge < -0.3 is 10.6 Å². The van der Waals surface area contributed by atoms with E-state index in [4.69, 9.17) is 11.6 Å². The van der Waals surface area contributed by atoms with E-state index in [2.05, 4.69) is 35.8 Å². The predicted molar refractivity (Wildman–Crippen MR) is 127 cm³/mol. The number of nitrogens with one attached hydrogen (secondary N) is 2. The van der Waals surface area contributed by atoms with Crippen LogP contribution in [0.2, 0.25) is 5.02 Å². The molecule has 182 valence electrons. The van der Waals surface area contributed by atoms with E-state index in [1.165, 1.54) is 0 Å². The number of rotatable bonds is 7. The van der Waals surface area contributed by atoms with Gasteiger partial charge in [-0.1, -0.05) is 29.8 Å². The van der Waals surface area contributed by atoms with Gasteiger partial charge in [0.2, 0.25) is 11.6 Å². The highest BCUT2D eigenvalue weighted by atomic mass is 35.5. The van der Waals surface area contributed by atoms with Gasteiger partial charge in [-0.2, -0.15) is 23.4 Å². The first-order chi connectivity index (χ1) is 17.2. The Morgan fingerprint density at radius 1 is 0.861 bits per heavy atom. The van der Waals surface area contributed by atoms with Crippen molar-refractivity contribution in [1.29, 1.82) is 0 Å². The molecule has 0 radical (unpaired) electrons. The number of pyridine rings is 1. The van der Waals surface area contributed by atoms with Gasteiger partial charge >= 0.3 is 11.9 Å². The molecule has 10 nitrogen and oxygen atoms in total. The summed E-state index contributed by atoms with van der Waals surface area (Å²) in [5.41, 5.74) is 0.0468. The Balaban J connectivity index is 1.56. The number of nitrogens with zero attached hydrogens (tertiary/aromatic N) is 6. The number of hydrogen-bond donors (Lipinski definition) is 2. The van der Waals surface area contributed by atoms with Crippen LogP contribution in [0.5, 0.6) is 0 Å². The first-order valence-corrected chi connectivity index (χ1v) is 10.4. The molecule has 2 N–H and O–H groups in total. The zero-order chi connectivity index (χ0) is 25.7. The Bertz CT molecular complexity index is 1420. The van der Waals surface area contributed by atoms with Gasteiger partial charge in [-0.05, 0) is 42.5 Å². The van der Waals surface area contributed by atoms with E-state index in [0.717, 1.165) is 6.33 Å². The van der Waals surface area contributed by atoms with Gasteiger partial charge in [0.1, 0.15) is 6.33 Å². The molecule has 0 atom stereocenters. The fourth-order valence-electron chi connectivity index (χ4n) is 2.89. The molecule has 0 saturated carbocycles. The summed E-state index contributed by atoms with van der Waals surface area (Å²) >= 11 is 5.90. The molecule has 2 heterocycles. The molecule has 4 rings (SSSR count). The SMILES string of the molecule is O=[N+]([O-])c1c(Nc2ccc(N=Nc3ccccc3)cc2)ncnc1Nc1ncc(C(F)(F)F)cc1Cl. The summed E-state index contributed by atoms with van der Waals surface area (Å²) in [6.07, 6.45) is -3.05. The topological polar surface area (TPSA) is 131 Å². The normalized spacial score (nSPS) is 11.4. The van der Waals surface area contributed by atoms with E-state index >= 15 is 0 Å². The molecule has 4 aromatic rings. The second-order valence-corrected chi connectivity index (χ2v) is 7.47. The number of azo groups is 1. The van der Waals surface area contributed by atoms with E-state index in [-0.39, 0.29) is 17.5 Å². The smallest absolute Gasteiger partial charge is 0.334 e. The van der Waals surface area contributed by atoms with Crippen molar-refractivity contribution in [3.8, 4) is 0 Å². The standard InChI is InChI=1S/C22H14ClF3N8O2/c23-17-10-13(22(24,25)26)11-27-19(17)31-21-18(34(35)36)20(28-12-29-21)30-14-6-8-16(9-7-14)33-32-15-4-2-1-3-5-15/h1-12H,(H2,27,28,29,30,31). The Morgan fingerprint density at radius 3 is 2.06 bits per heavy atom. The summed E-state index contributed by atoms with van der Waals surface area (Å²) in [5.74, 6) is -0.732. The molecule has 0 aliphatic rings. The number of benzene rings is 2. The third-order valence-corrected chi connectivity index (χ3v) is 4.87. The van der Waals surface area contributed by atoms with Crippen LogP contribution < -0.4 is 10.6 Å². The van der Waals surface area contributed by atoms with Crippen LogP contribution in [0.15, 0.2) is 83.4 Å². The number of hydrogen-bond acceptors (Lipinski definition) is 9. The van der Waals surface area contributed by atoms with Crippen molar-refractivity contribution in [1.82, 2.24) is 15.0 Å². The molecule has 0 saturated heterocycles. The molecule has 2 aromatic carbocycles. The molecular weight excluding hydrogens is 501 g/mol. The first-order valence-electron chi connectivity index (χ1n) is 10.0. The van der Waals surface area contributed by atoms with Crippen molar-refractivity contribution < 1.29 is 18.1 Å². The van der Waals surface area contributed by atoms with Crippen LogP contribution in [0.3, 0.4) is 0 Å². The van der Waals surface area contributed by atoms with Crippen molar-refractivity contribution in [2.45, 2.75) is 6.18 Å². The Kier molecular flexibility index (Phi) is 7.01. The summed E-state index contributed by atoms with van der Waals surface area (Å²) in [5, 5.41) is 24.9. The summed E-state index contributed by atoms with van der Waals surface area (Å²) in [7, 11) is 0. The third kappa shape index (κ3) is 5.88. The zero-order valence-corrected chi connectivity index (χ0v) is 18.7. The Morgan fingerprint density at radius 2 is 1.47 bits per heavy atom. The molecule has 0 unspecified atom stereocenters. The largest absolute Gasteiger partial charge is 0.417 e. The molecule has 0 bridgehead atoms. The number of aromatic nitrogens is 3. The molecular formula is C22H14ClF3N8O2. The van der Waals surface area contributed by atoms with Crippen LogP contribution in [0.25, 0.3) is 0 Å². The maximum absolute atomic E-state index is 12.9. The molecule has 0 amide bonds. The molecule has 36 heavy (non-hydrogen) atoms. The van der Waals surface area contributed by atoms with Gasteiger partial charge in [0.05, 0.1) is 26.9 Å². The van der Waals surface area contributed by atoms with Gasteiger partial charge in [-0.3, -0.25) is 10.1 Å². The Labute approximate surface area is 206 Å². The van der Waals surface area contributed by atoms with Crippen LogP contribution >= 0.6 is 11.6 Å². The van der Waals surface area contributed by atoms with Gasteiger partial charge in [0.15, 0.2) is 5.82 Å². The number of anilines is 4. The highest BCUT2D eigenvalue weighted by molar-refractivity contribution is 6.33. The molecule has 0 fully saturated rings. The lowest BCUT2D eigenvalue weighted by molar-refractivity contribution is -0.383. The monoisotopic (exact) mass is 514 g/mol. The lowest BCUT2D eigenvalue weighted by atomic mass is 10.2. The van der Waals surface area contributed by atoms with Gasteiger partial charge in [0.25, 0.3) is 0 Å². The van der Waals surface area contributed by atoms with Gasteiger partial charge in [0, 0.05) is 11.9 Å². The van der Waals surface area contributed by atoms with E-state index < -0.39 is 27.4 Å². The summed E-state index contributed by atoms with van der Waals surface area (Å²) in [6.45, 7) is 0. The lowest BCUT2D eigenvalue weighted by Gasteiger charge is -2.12. The maximum atomic E-state index is 12.9. The lowest BCUT2D eigenvalue weighted by Crippen LogP contribution is -2.08. The van der Waals surface area contributed by atoms with Gasteiger partial charge in [-0.25, -0.2) is 15.0 Å². The fraction of sp³-hybridized carbons (Fsp3) is 0.0455. The van der Waals surface area contributed by atoms with Crippen molar-refractivity contribution in [2.24, 2.45) is 10.2 Å². The first kappa shape index (κ1) is 24.5. The van der Waals surface area contributed by atoms with Crippen molar-refractivity contribution in [3.05, 3.63) is 93.9 Å². The second kappa shape index (κ2) is 10.3. The summed E-state index contributed by atoms with van der Waals surface area (Å²) < 4.78 is 38.6. The predicted octanol–water partition coefficient (Wildman–Crippen LogP) is 7.35. The van der Waals surface area contributed by atoms with Crippen LogP contribution in [0.4, 0.5) is 53.4 Å². The third-order valence-electron chi connectivity index (χ3n) is 4.58. The molecule has 0 spiro atoms. The Hall–Kier alpha value is -4.65. The average molecular weight is 515 g/mol. The quantitative estimate of drug-likeness (QED) is 0.150. The molecule has 0 aliphatic carbocycles. The molecule has 2 aromatic heterocycles. The number of alkyl halides is 3. The summed E-state index contributed by atoms with van der Waals surface area (Å²) in [6, 6.07) is 16.3.